The molecule has 2 heterocycles. The Morgan fingerprint density at radius 1 is 1.29 bits per heavy atom. The van der Waals surface area contributed by atoms with Crippen molar-refractivity contribution in [3.8, 4) is 0 Å². The molecule has 2 aliphatic rings. The van der Waals surface area contributed by atoms with Gasteiger partial charge < -0.3 is 20.7 Å². The van der Waals surface area contributed by atoms with E-state index in [4.69, 9.17) is 4.74 Å². The zero-order valence-electron chi connectivity index (χ0n) is 12.7. The number of hydrogen-bond acceptors (Lipinski definition) is 5. The van der Waals surface area contributed by atoms with E-state index in [-0.39, 0.29) is 38.9 Å². The van der Waals surface area contributed by atoms with E-state index in [0.717, 1.165) is 25.0 Å². The van der Waals surface area contributed by atoms with Gasteiger partial charge in [0.05, 0.1) is 25.3 Å². The summed E-state index contributed by atoms with van der Waals surface area (Å²) in [6.45, 7) is 1.72. The Bertz CT molecular complexity index is 386. The number of unbranched alkanes of at least 4 members (excludes halogenated alkanes) is 1. The zero-order valence-corrected chi connectivity index (χ0v) is 14.4. The van der Waals surface area contributed by atoms with Crippen LogP contribution in [0.2, 0.25) is 0 Å². The Hall–Kier alpha value is -0.600. The van der Waals surface area contributed by atoms with Crippen LogP contribution >= 0.6 is 24.4 Å². The molecule has 3 amide bonds. The molecule has 142 valence electrons. The predicted octanol–water partition coefficient (Wildman–Crippen LogP) is 2.05. The van der Waals surface area contributed by atoms with Gasteiger partial charge in [0.1, 0.15) is 0 Å². The molecule has 0 aliphatic carbocycles. The van der Waals surface area contributed by atoms with E-state index >= 15 is 0 Å². The fourth-order valence-corrected chi connectivity index (χ4v) is 4.46. The number of ether oxygens (including phenoxy) is 1. The van der Waals surface area contributed by atoms with Crippen molar-refractivity contribution >= 4 is 36.3 Å². The number of carbonyl (C=O) groups is 2. The number of nitrogens with one attached hydrogen (secondary N) is 3. The van der Waals surface area contributed by atoms with Crippen LogP contribution < -0.4 is 16.0 Å². The molecule has 8 heteroatoms. The Labute approximate surface area is 156 Å². The van der Waals surface area contributed by atoms with E-state index in [1.54, 1.807) is 0 Å². The standard InChI is InChI=1S/C14H25N3O3S2.2CH4/c18-12(15-5-6-20-7-8-21)4-2-1-3-11-13-10(9-22-11)16-14(19)17-13;;/h10-11,13,21H,1-9H2,(H,15,18)(H2,16,17,19);2*1H4/t10-,11-,13-;;/m0../s1. The van der Waals surface area contributed by atoms with Crippen LogP contribution in [0.15, 0.2) is 0 Å². The third-order valence-corrected chi connectivity index (χ3v) is 5.58. The average Bonchev–Trinajstić information content (AvgIpc) is 3.03. The third-order valence-electron chi connectivity index (χ3n) is 3.88. The van der Waals surface area contributed by atoms with E-state index in [2.05, 4.69) is 28.6 Å². The first kappa shape index (κ1) is 23.4. The monoisotopic (exact) mass is 379 g/mol. The smallest absolute Gasteiger partial charge is 0.315 e. The average molecular weight is 380 g/mol. The van der Waals surface area contributed by atoms with Crippen LogP contribution in [0.4, 0.5) is 4.79 Å². The van der Waals surface area contributed by atoms with Crippen LogP contribution in [-0.2, 0) is 9.53 Å². The van der Waals surface area contributed by atoms with Crippen LogP contribution in [0.1, 0.15) is 40.5 Å². The molecule has 24 heavy (non-hydrogen) atoms. The van der Waals surface area contributed by atoms with Gasteiger partial charge in [-0.25, -0.2) is 4.79 Å². The van der Waals surface area contributed by atoms with Gasteiger partial charge in [-0.15, -0.1) is 0 Å². The van der Waals surface area contributed by atoms with Crippen molar-refractivity contribution in [1.82, 2.24) is 16.0 Å². The lowest BCUT2D eigenvalue weighted by Gasteiger charge is -2.16. The van der Waals surface area contributed by atoms with Crippen LogP contribution in [0.5, 0.6) is 0 Å². The molecule has 0 saturated carbocycles. The molecule has 3 N–H and O–H groups in total. The van der Waals surface area contributed by atoms with Crippen LogP contribution in [-0.4, -0.2) is 60.5 Å². The second-order valence-electron chi connectivity index (χ2n) is 5.55. The van der Waals surface area contributed by atoms with Crippen LogP contribution in [0, 0.1) is 0 Å². The van der Waals surface area contributed by atoms with Gasteiger partial charge in [-0.2, -0.15) is 24.4 Å². The Morgan fingerprint density at radius 3 is 2.83 bits per heavy atom. The Morgan fingerprint density at radius 2 is 2.08 bits per heavy atom. The first-order valence-corrected chi connectivity index (χ1v) is 9.53. The van der Waals surface area contributed by atoms with Crippen molar-refractivity contribution in [2.45, 2.75) is 57.9 Å². The van der Waals surface area contributed by atoms with E-state index in [1.807, 2.05) is 11.8 Å². The first-order chi connectivity index (χ1) is 10.7. The fraction of sp³-hybridized carbons (Fsp3) is 0.875. The maximum atomic E-state index is 11.6. The predicted molar refractivity (Wildman–Crippen MR) is 105 cm³/mol. The lowest BCUT2D eigenvalue weighted by molar-refractivity contribution is -0.121. The number of hydrogen-bond donors (Lipinski definition) is 4. The molecule has 2 fully saturated rings. The molecule has 0 radical (unpaired) electrons. The minimum atomic E-state index is -0.0418. The van der Waals surface area contributed by atoms with Gasteiger partial charge >= 0.3 is 6.03 Å². The minimum Gasteiger partial charge on any atom is -0.379 e. The largest absolute Gasteiger partial charge is 0.379 e. The van der Waals surface area contributed by atoms with E-state index in [0.29, 0.717) is 37.2 Å². The fourth-order valence-electron chi connectivity index (χ4n) is 2.79. The number of rotatable bonds is 10. The molecule has 0 unspecified atom stereocenters. The molecule has 0 bridgehead atoms. The quantitative estimate of drug-likeness (QED) is 0.266. The number of thiol groups is 1. The molecular weight excluding hydrogens is 346 g/mol. The van der Waals surface area contributed by atoms with Crippen LogP contribution in [0.25, 0.3) is 0 Å². The summed E-state index contributed by atoms with van der Waals surface area (Å²) in [5.41, 5.74) is 0. The topological polar surface area (TPSA) is 79.5 Å². The number of amides is 3. The summed E-state index contributed by atoms with van der Waals surface area (Å²) < 4.78 is 5.24. The summed E-state index contributed by atoms with van der Waals surface area (Å²) in [5.74, 6) is 1.77. The molecule has 2 rings (SSSR count). The Kier molecular flexibility index (Phi) is 12.4. The SMILES string of the molecule is C.C.O=C(CCCC[C@@H]1SC[C@@H]2NC(=O)N[C@@H]21)NCCOCCS. The van der Waals surface area contributed by atoms with Gasteiger partial charge in [0.15, 0.2) is 0 Å². The van der Waals surface area contributed by atoms with E-state index in [1.165, 1.54) is 0 Å². The maximum absolute atomic E-state index is 11.6. The second-order valence-corrected chi connectivity index (χ2v) is 7.27. The lowest BCUT2D eigenvalue weighted by atomic mass is 10.0. The Balaban J connectivity index is 0.00000264. The van der Waals surface area contributed by atoms with Gasteiger partial charge in [-0.05, 0) is 12.8 Å². The normalized spacial score (nSPS) is 24.2. The molecule has 6 nitrogen and oxygen atoms in total. The summed E-state index contributed by atoms with van der Waals surface area (Å²) in [6.07, 6.45) is 3.51. The molecular formula is C16H33N3O3S2. The van der Waals surface area contributed by atoms with Crippen molar-refractivity contribution in [3.63, 3.8) is 0 Å². The molecule has 0 aromatic carbocycles. The van der Waals surface area contributed by atoms with E-state index < -0.39 is 0 Å². The highest BCUT2D eigenvalue weighted by molar-refractivity contribution is 8.00. The minimum absolute atomic E-state index is 0. The van der Waals surface area contributed by atoms with Gasteiger partial charge in [0.25, 0.3) is 0 Å². The molecule has 0 spiro atoms. The molecule has 3 atom stereocenters. The van der Waals surface area contributed by atoms with E-state index in [9.17, 15) is 9.59 Å². The summed E-state index contributed by atoms with van der Waals surface area (Å²) in [7, 11) is 0. The van der Waals surface area contributed by atoms with Gasteiger partial charge in [-0.3, -0.25) is 4.79 Å². The molecule has 2 aliphatic heterocycles. The summed E-state index contributed by atoms with van der Waals surface area (Å²) in [6, 6.07) is 0.498. The number of thioether (sulfide) groups is 1. The highest BCUT2D eigenvalue weighted by atomic mass is 32.2. The zero-order chi connectivity index (χ0) is 15.8. The maximum Gasteiger partial charge on any atom is 0.315 e. The number of carbonyl (C=O) groups excluding carboxylic acids is 2. The van der Waals surface area contributed by atoms with Crippen LogP contribution in [0.3, 0.4) is 0 Å². The first-order valence-electron chi connectivity index (χ1n) is 7.84. The molecule has 0 aromatic heterocycles. The number of urea groups is 1. The molecule has 0 aromatic rings. The summed E-state index contributed by atoms with van der Waals surface area (Å²) in [5, 5.41) is 9.26. The highest BCUT2D eigenvalue weighted by Crippen LogP contribution is 2.33. The van der Waals surface area contributed by atoms with Crippen molar-refractivity contribution in [2.24, 2.45) is 0 Å². The molecule has 2 saturated heterocycles. The number of fused-ring (bicyclic) bond motifs is 1. The second kappa shape index (κ2) is 12.7. The van der Waals surface area contributed by atoms with Gasteiger partial charge in [-0.1, -0.05) is 21.3 Å². The van der Waals surface area contributed by atoms with Crippen molar-refractivity contribution in [3.05, 3.63) is 0 Å². The van der Waals surface area contributed by atoms with Crippen molar-refractivity contribution in [2.75, 3.05) is 31.3 Å². The van der Waals surface area contributed by atoms with Crippen molar-refractivity contribution in [1.29, 1.82) is 0 Å². The van der Waals surface area contributed by atoms with Gasteiger partial charge in [0.2, 0.25) is 5.91 Å². The lowest BCUT2D eigenvalue weighted by Crippen LogP contribution is -2.36. The highest BCUT2D eigenvalue weighted by Gasteiger charge is 2.42. The summed E-state index contributed by atoms with van der Waals surface area (Å²) in [4.78, 5) is 22.9. The summed E-state index contributed by atoms with van der Waals surface area (Å²) >= 11 is 5.96. The van der Waals surface area contributed by atoms with Crippen molar-refractivity contribution < 1.29 is 14.3 Å². The third kappa shape index (κ3) is 7.53. The van der Waals surface area contributed by atoms with Gasteiger partial charge in [0, 0.05) is 29.7 Å².